The van der Waals surface area contributed by atoms with Gasteiger partial charge in [0.05, 0.1) is 17.7 Å². The first-order valence-electron chi connectivity index (χ1n) is 5.86. The van der Waals surface area contributed by atoms with Gasteiger partial charge in [-0.25, -0.2) is 0 Å². The van der Waals surface area contributed by atoms with E-state index in [1.807, 2.05) is 0 Å². The van der Waals surface area contributed by atoms with Gasteiger partial charge in [0, 0.05) is 11.6 Å². The maximum atomic E-state index is 11.9. The molecule has 3 N–H and O–H groups in total. The molecule has 9 heteroatoms. The molecule has 0 spiro atoms. The van der Waals surface area contributed by atoms with Crippen molar-refractivity contribution in [2.45, 2.75) is 31.5 Å². The molecule has 1 aromatic rings. The zero-order valence-corrected chi connectivity index (χ0v) is 10.5. The fourth-order valence-electron chi connectivity index (χ4n) is 2.13. The molecule has 4 atom stereocenters. The predicted octanol–water partition coefficient (Wildman–Crippen LogP) is -1.32. The lowest BCUT2D eigenvalue weighted by molar-refractivity contribution is -0.386. The zero-order chi connectivity index (χ0) is 15.0. The summed E-state index contributed by atoms with van der Waals surface area (Å²) in [6.45, 7) is 0.874. The van der Waals surface area contributed by atoms with Crippen molar-refractivity contribution in [3.8, 4) is 0 Å². The number of aliphatic hydroxyl groups excluding tert-OH is 3. The van der Waals surface area contributed by atoms with E-state index in [2.05, 4.69) is 0 Å². The highest BCUT2D eigenvalue weighted by atomic mass is 16.6. The Bertz CT molecular complexity index is 585. The first-order valence-corrected chi connectivity index (χ1v) is 5.86. The average molecular weight is 286 g/mol. The Kier molecular flexibility index (Phi) is 3.86. The third-order valence-electron chi connectivity index (χ3n) is 3.25. The van der Waals surface area contributed by atoms with Crippen LogP contribution in [0.2, 0.25) is 0 Å². The lowest BCUT2D eigenvalue weighted by Gasteiger charge is -2.17. The highest BCUT2D eigenvalue weighted by Crippen LogP contribution is 2.29. The topological polar surface area (TPSA) is 135 Å². The fourth-order valence-corrected chi connectivity index (χ4v) is 2.13. The van der Waals surface area contributed by atoms with Crippen molar-refractivity contribution in [1.29, 1.82) is 0 Å². The van der Waals surface area contributed by atoms with E-state index < -0.39 is 41.6 Å². The normalized spacial score (nSPS) is 29.6. The van der Waals surface area contributed by atoms with Crippen molar-refractivity contribution in [1.82, 2.24) is 4.57 Å². The summed E-state index contributed by atoms with van der Waals surface area (Å²) < 4.78 is 6.01. The molecule has 0 amide bonds. The van der Waals surface area contributed by atoms with E-state index in [9.17, 15) is 25.1 Å². The molecule has 0 aliphatic carbocycles. The Balaban J connectivity index is 2.46. The monoisotopic (exact) mass is 286 g/mol. The van der Waals surface area contributed by atoms with Gasteiger partial charge in [-0.3, -0.25) is 19.5 Å². The lowest BCUT2D eigenvalue weighted by Crippen LogP contribution is -2.35. The minimum absolute atomic E-state index is 0.183. The van der Waals surface area contributed by atoms with E-state index in [0.717, 1.165) is 16.8 Å². The number of hydrogen-bond acceptors (Lipinski definition) is 7. The number of hydrogen-bond donors (Lipinski definition) is 3. The van der Waals surface area contributed by atoms with Crippen molar-refractivity contribution in [2.75, 3.05) is 6.61 Å². The molecule has 1 fully saturated rings. The number of rotatable bonds is 3. The van der Waals surface area contributed by atoms with Crippen LogP contribution in [0.5, 0.6) is 0 Å². The van der Waals surface area contributed by atoms with Crippen LogP contribution in [0.4, 0.5) is 5.69 Å². The average Bonchev–Trinajstić information content (AvgIpc) is 2.66. The highest BCUT2D eigenvalue weighted by molar-refractivity contribution is 5.36. The van der Waals surface area contributed by atoms with Crippen LogP contribution < -0.4 is 5.56 Å². The highest BCUT2D eigenvalue weighted by Gasteiger charge is 2.44. The van der Waals surface area contributed by atoms with Crippen LogP contribution in [0.15, 0.2) is 17.1 Å². The molecule has 0 radical (unpaired) electrons. The van der Waals surface area contributed by atoms with Gasteiger partial charge in [0.15, 0.2) is 6.23 Å². The minimum atomic E-state index is -1.47. The van der Waals surface area contributed by atoms with Gasteiger partial charge in [0.2, 0.25) is 0 Å². The molecule has 1 aliphatic rings. The number of nitrogens with zero attached hydrogens (tertiary/aromatic N) is 2. The van der Waals surface area contributed by atoms with Crippen LogP contribution in [0, 0.1) is 17.0 Å². The van der Waals surface area contributed by atoms with Crippen molar-refractivity contribution in [3.63, 3.8) is 0 Å². The van der Waals surface area contributed by atoms with E-state index >= 15 is 0 Å². The first kappa shape index (κ1) is 14.6. The smallest absolute Gasteiger partial charge is 0.288 e. The number of nitro groups is 1. The molecule has 0 unspecified atom stereocenters. The molecule has 0 bridgehead atoms. The molecule has 0 saturated carbocycles. The Labute approximate surface area is 112 Å². The Hall–Kier alpha value is -1.81. The molecular formula is C11H14N2O7. The third-order valence-corrected chi connectivity index (χ3v) is 3.25. The van der Waals surface area contributed by atoms with Crippen molar-refractivity contribution in [3.05, 3.63) is 38.3 Å². The lowest BCUT2D eigenvalue weighted by atomic mass is 10.1. The van der Waals surface area contributed by atoms with E-state index in [4.69, 9.17) is 9.84 Å². The number of aromatic nitrogens is 1. The summed E-state index contributed by atoms with van der Waals surface area (Å²) in [4.78, 5) is 22.1. The van der Waals surface area contributed by atoms with Crippen molar-refractivity contribution >= 4 is 5.69 Å². The van der Waals surface area contributed by atoms with Crippen LogP contribution in [0.1, 0.15) is 11.8 Å². The number of aryl methyl sites for hydroxylation is 1. The molecule has 20 heavy (non-hydrogen) atoms. The molecule has 1 saturated heterocycles. The second kappa shape index (κ2) is 5.29. The maximum absolute atomic E-state index is 11.9. The fraction of sp³-hybridized carbons (Fsp3) is 0.545. The summed E-state index contributed by atoms with van der Waals surface area (Å²) in [6, 6.07) is 1.05. The molecule has 9 nitrogen and oxygen atoms in total. The standard InChI is InChI=1S/C11H14N2O7/c1-5-2-8(15)12(3-6(5)13(18)19)11-10(17)9(16)7(4-14)20-11/h2-3,7,9-11,14,16-17H,4H2,1H3/t7-,9-,10-,11-/m1/s1. The maximum Gasteiger partial charge on any atom is 0.288 e. The molecular weight excluding hydrogens is 272 g/mol. The molecule has 2 heterocycles. The van der Waals surface area contributed by atoms with E-state index in [1.54, 1.807) is 0 Å². The van der Waals surface area contributed by atoms with Gasteiger partial charge in [-0.15, -0.1) is 0 Å². The quantitative estimate of drug-likeness (QED) is 0.463. The van der Waals surface area contributed by atoms with Gasteiger partial charge in [0.1, 0.15) is 18.3 Å². The number of ether oxygens (including phenoxy) is 1. The summed E-state index contributed by atoms with van der Waals surface area (Å²) in [6.07, 6.45) is -4.22. The second-order valence-corrected chi connectivity index (χ2v) is 4.57. The van der Waals surface area contributed by atoms with Crippen LogP contribution >= 0.6 is 0 Å². The van der Waals surface area contributed by atoms with E-state index in [1.165, 1.54) is 6.92 Å². The number of aliphatic hydroxyl groups is 3. The summed E-state index contributed by atoms with van der Waals surface area (Å²) in [7, 11) is 0. The minimum Gasteiger partial charge on any atom is -0.394 e. The van der Waals surface area contributed by atoms with Gasteiger partial charge >= 0.3 is 0 Å². The van der Waals surface area contributed by atoms with Crippen LogP contribution in [-0.4, -0.2) is 49.7 Å². The Morgan fingerprint density at radius 1 is 1.45 bits per heavy atom. The number of pyridine rings is 1. The van der Waals surface area contributed by atoms with Gasteiger partial charge in [-0.05, 0) is 6.92 Å². The molecule has 2 rings (SSSR count). The van der Waals surface area contributed by atoms with Gasteiger partial charge < -0.3 is 20.1 Å². The van der Waals surface area contributed by atoms with Crippen LogP contribution in [0.25, 0.3) is 0 Å². The SMILES string of the molecule is Cc1cc(=O)n([C@@H]2O[C@H](CO)[C@@H](O)[C@H]2O)cc1[N+](=O)[O-]. The molecule has 1 aliphatic heterocycles. The largest absolute Gasteiger partial charge is 0.394 e. The van der Waals surface area contributed by atoms with Crippen molar-refractivity contribution < 1.29 is 25.0 Å². The van der Waals surface area contributed by atoms with Crippen LogP contribution in [-0.2, 0) is 4.74 Å². The predicted molar refractivity (Wildman–Crippen MR) is 65.1 cm³/mol. The third kappa shape index (κ3) is 2.31. The summed E-state index contributed by atoms with van der Waals surface area (Å²) in [5.74, 6) is 0. The van der Waals surface area contributed by atoms with E-state index in [0.29, 0.717) is 0 Å². The van der Waals surface area contributed by atoms with Gasteiger partial charge in [0.25, 0.3) is 11.2 Å². The van der Waals surface area contributed by atoms with Crippen LogP contribution in [0.3, 0.4) is 0 Å². The van der Waals surface area contributed by atoms with Gasteiger partial charge in [-0.2, -0.15) is 0 Å². The summed E-state index contributed by atoms with van der Waals surface area (Å²) >= 11 is 0. The Morgan fingerprint density at radius 3 is 2.60 bits per heavy atom. The van der Waals surface area contributed by atoms with Crippen molar-refractivity contribution in [2.24, 2.45) is 0 Å². The second-order valence-electron chi connectivity index (χ2n) is 4.57. The van der Waals surface area contributed by atoms with E-state index in [-0.39, 0.29) is 11.3 Å². The Morgan fingerprint density at radius 2 is 2.10 bits per heavy atom. The zero-order valence-electron chi connectivity index (χ0n) is 10.5. The van der Waals surface area contributed by atoms with Gasteiger partial charge in [-0.1, -0.05) is 0 Å². The molecule has 1 aromatic heterocycles. The molecule has 0 aromatic carbocycles. The molecule has 110 valence electrons. The summed E-state index contributed by atoms with van der Waals surface area (Å²) in [5, 5.41) is 39.3. The first-order chi connectivity index (χ1) is 9.36. The summed E-state index contributed by atoms with van der Waals surface area (Å²) in [5.41, 5.74) is -0.728.